The number of rotatable bonds is 4. The van der Waals surface area contributed by atoms with Crippen LogP contribution < -0.4 is 10.0 Å². The lowest BCUT2D eigenvalue weighted by atomic mass is 10.1. The molecule has 2 unspecified atom stereocenters. The second kappa shape index (κ2) is 5.55. The molecule has 0 saturated carbocycles. The molecule has 5 nitrogen and oxygen atoms in total. The lowest BCUT2D eigenvalue weighted by Crippen LogP contribution is -2.51. The molecule has 2 rings (SSSR count). The summed E-state index contributed by atoms with van der Waals surface area (Å²) in [6.07, 6.45) is -1.30. The normalized spacial score (nSPS) is 30.1. The summed E-state index contributed by atoms with van der Waals surface area (Å²) < 4.78 is 63.0. The molecule has 0 aromatic rings. The highest BCUT2D eigenvalue weighted by Crippen LogP contribution is 2.27. The molecule has 2 heterocycles. The van der Waals surface area contributed by atoms with Crippen molar-refractivity contribution in [2.45, 2.75) is 43.9 Å². The van der Waals surface area contributed by atoms with Crippen molar-refractivity contribution in [2.24, 2.45) is 0 Å². The molecule has 0 aliphatic carbocycles. The maximum Gasteiger partial charge on any atom is 0.402 e. The van der Waals surface area contributed by atoms with E-state index in [1.165, 1.54) is 4.31 Å². The SMILES string of the molecule is O=S(=O)(NCC(F)(F)F)N1CCCC1C1CCCN1. The average molecular weight is 301 g/mol. The van der Waals surface area contributed by atoms with E-state index in [0.717, 1.165) is 19.4 Å². The van der Waals surface area contributed by atoms with E-state index in [2.05, 4.69) is 5.32 Å². The Labute approximate surface area is 110 Å². The summed E-state index contributed by atoms with van der Waals surface area (Å²) in [5, 5.41) is 3.22. The van der Waals surface area contributed by atoms with E-state index < -0.39 is 22.9 Å². The molecule has 2 aliphatic heterocycles. The largest absolute Gasteiger partial charge is 0.402 e. The van der Waals surface area contributed by atoms with Crippen LogP contribution in [0.5, 0.6) is 0 Å². The molecule has 0 aromatic carbocycles. The maximum atomic E-state index is 12.1. The van der Waals surface area contributed by atoms with Crippen LogP contribution in [0.1, 0.15) is 25.7 Å². The van der Waals surface area contributed by atoms with Crippen LogP contribution in [-0.4, -0.2) is 50.6 Å². The minimum absolute atomic E-state index is 0.0601. The Balaban J connectivity index is 2.01. The average Bonchev–Trinajstić information content (AvgIpc) is 2.95. The highest BCUT2D eigenvalue weighted by Gasteiger charge is 2.41. The Morgan fingerprint density at radius 1 is 1.26 bits per heavy atom. The fourth-order valence-electron chi connectivity index (χ4n) is 2.76. The monoisotopic (exact) mass is 301 g/mol. The van der Waals surface area contributed by atoms with Gasteiger partial charge in [-0.15, -0.1) is 0 Å². The Kier molecular flexibility index (Phi) is 4.38. The van der Waals surface area contributed by atoms with Crippen LogP contribution in [-0.2, 0) is 10.2 Å². The fraction of sp³-hybridized carbons (Fsp3) is 1.00. The molecule has 112 valence electrons. The van der Waals surface area contributed by atoms with Crippen LogP contribution >= 0.6 is 0 Å². The van der Waals surface area contributed by atoms with E-state index in [-0.39, 0.29) is 18.6 Å². The number of alkyl halides is 3. The number of hydrogen-bond donors (Lipinski definition) is 2. The van der Waals surface area contributed by atoms with Crippen LogP contribution in [0.25, 0.3) is 0 Å². The van der Waals surface area contributed by atoms with Gasteiger partial charge in [0.05, 0.1) is 0 Å². The van der Waals surface area contributed by atoms with Gasteiger partial charge in [-0.3, -0.25) is 0 Å². The number of nitrogens with zero attached hydrogens (tertiary/aromatic N) is 1. The van der Waals surface area contributed by atoms with Crippen molar-refractivity contribution in [1.82, 2.24) is 14.3 Å². The predicted octanol–water partition coefficient (Wildman–Crippen LogP) is 0.600. The van der Waals surface area contributed by atoms with Gasteiger partial charge in [0.15, 0.2) is 0 Å². The summed E-state index contributed by atoms with van der Waals surface area (Å²) in [5.41, 5.74) is 0. The first-order valence-electron chi connectivity index (χ1n) is 6.36. The summed E-state index contributed by atoms with van der Waals surface area (Å²) >= 11 is 0. The van der Waals surface area contributed by atoms with E-state index >= 15 is 0 Å². The molecule has 2 fully saturated rings. The quantitative estimate of drug-likeness (QED) is 0.799. The molecule has 0 bridgehead atoms. The topological polar surface area (TPSA) is 61.4 Å². The van der Waals surface area contributed by atoms with Gasteiger partial charge in [0.25, 0.3) is 10.2 Å². The van der Waals surface area contributed by atoms with Gasteiger partial charge >= 0.3 is 6.18 Å². The molecule has 19 heavy (non-hydrogen) atoms. The summed E-state index contributed by atoms with van der Waals surface area (Å²) in [7, 11) is -4.06. The van der Waals surface area contributed by atoms with E-state index in [4.69, 9.17) is 0 Å². The van der Waals surface area contributed by atoms with E-state index in [1.807, 2.05) is 0 Å². The lowest BCUT2D eigenvalue weighted by molar-refractivity contribution is -0.121. The van der Waals surface area contributed by atoms with E-state index in [0.29, 0.717) is 12.8 Å². The van der Waals surface area contributed by atoms with Gasteiger partial charge in [-0.25, -0.2) is 0 Å². The Morgan fingerprint density at radius 2 is 2.00 bits per heavy atom. The first kappa shape index (κ1) is 15.0. The molecule has 2 aliphatic rings. The van der Waals surface area contributed by atoms with Gasteiger partial charge < -0.3 is 5.32 Å². The van der Waals surface area contributed by atoms with Crippen LogP contribution in [0.2, 0.25) is 0 Å². The zero-order chi connectivity index (χ0) is 14.1. The van der Waals surface area contributed by atoms with Gasteiger partial charge in [-0.1, -0.05) is 0 Å². The maximum absolute atomic E-state index is 12.1. The molecular weight excluding hydrogens is 283 g/mol. The number of halogens is 3. The van der Waals surface area contributed by atoms with Crippen LogP contribution in [0.15, 0.2) is 0 Å². The van der Waals surface area contributed by atoms with Crippen LogP contribution in [0.3, 0.4) is 0 Å². The first-order chi connectivity index (χ1) is 8.80. The number of hydrogen-bond acceptors (Lipinski definition) is 3. The summed E-state index contributed by atoms with van der Waals surface area (Å²) in [6, 6.07) is -0.168. The second-order valence-electron chi connectivity index (χ2n) is 4.96. The first-order valence-corrected chi connectivity index (χ1v) is 7.80. The Morgan fingerprint density at radius 3 is 2.58 bits per heavy atom. The molecule has 2 N–H and O–H groups in total. The van der Waals surface area contributed by atoms with Gasteiger partial charge in [0, 0.05) is 18.6 Å². The lowest BCUT2D eigenvalue weighted by Gasteiger charge is -2.28. The van der Waals surface area contributed by atoms with Gasteiger partial charge in [0.2, 0.25) is 0 Å². The Hall–Kier alpha value is -0.380. The van der Waals surface area contributed by atoms with Crippen molar-refractivity contribution >= 4 is 10.2 Å². The van der Waals surface area contributed by atoms with Crippen LogP contribution in [0.4, 0.5) is 13.2 Å². The third-order valence-corrected chi connectivity index (χ3v) is 5.15. The minimum Gasteiger partial charge on any atom is -0.312 e. The molecule has 2 atom stereocenters. The summed E-state index contributed by atoms with van der Waals surface area (Å²) in [4.78, 5) is 0. The third-order valence-electron chi connectivity index (χ3n) is 3.57. The highest BCUT2D eigenvalue weighted by atomic mass is 32.2. The summed E-state index contributed by atoms with van der Waals surface area (Å²) in [5.74, 6) is 0. The zero-order valence-corrected chi connectivity index (χ0v) is 11.2. The molecule has 2 saturated heterocycles. The van der Waals surface area contributed by atoms with E-state index in [1.54, 1.807) is 4.72 Å². The van der Waals surface area contributed by atoms with Crippen molar-refractivity contribution in [1.29, 1.82) is 0 Å². The van der Waals surface area contributed by atoms with Crippen molar-refractivity contribution in [3.63, 3.8) is 0 Å². The van der Waals surface area contributed by atoms with Crippen molar-refractivity contribution in [3.8, 4) is 0 Å². The number of nitrogens with one attached hydrogen (secondary N) is 2. The van der Waals surface area contributed by atoms with Gasteiger partial charge in [-0.2, -0.15) is 30.6 Å². The molecule has 0 amide bonds. The molecule has 0 radical (unpaired) electrons. The standard InChI is InChI=1S/C10H18F3N3O2S/c11-10(12,13)7-15-19(17,18)16-6-2-4-9(16)8-3-1-5-14-8/h8-9,14-15H,1-7H2. The second-order valence-corrected chi connectivity index (χ2v) is 6.67. The van der Waals surface area contributed by atoms with E-state index in [9.17, 15) is 21.6 Å². The zero-order valence-electron chi connectivity index (χ0n) is 10.4. The molecule has 0 spiro atoms. The van der Waals surface area contributed by atoms with Crippen molar-refractivity contribution in [3.05, 3.63) is 0 Å². The summed E-state index contributed by atoms with van der Waals surface area (Å²) in [6.45, 7) is -0.391. The van der Waals surface area contributed by atoms with Gasteiger partial charge in [-0.05, 0) is 32.2 Å². The molecule has 9 heteroatoms. The molecular formula is C10H18F3N3O2S. The minimum atomic E-state index is -4.53. The highest BCUT2D eigenvalue weighted by molar-refractivity contribution is 7.87. The van der Waals surface area contributed by atoms with Crippen molar-refractivity contribution in [2.75, 3.05) is 19.6 Å². The smallest absolute Gasteiger partial charge is 0.312 e. The van der Waals surface area contributed by atoms with Gasteiger partial charge in [0.1, 0.15) is 6.54 Å². The predicted molar refractivity (Wildman–Crippen MR) is 63.7 cm³/mol. The van der Waals surface area contributed by atoms with Crippen LogP contribution in [0, 0.1) is 0 Å². The molecule has 0 aromatic heterocycles. The fourth-order valence-corrected chi connectivity index (χ4v) is 4.25. The van der Waals surface area contributed by atoms with Crippen molar-refractivity contribution < 1.29 is 21.6 Å². The Bertz CT molecular complexity index is 407. The third kappa shape index (κ3) is 3.80.